The van der Waals surface area contributed by atoms with Gasteiger partial charge in [0, 0.05) is 102 Å². The third kappa shape index (κ3) is 29.7. The Morgan fingerprint density at radius 2 is 0.725 bits per heavy atom. The Hall–Kier alpha value is -15.6. The summed E-state index contributed by atoms with van der Waals surface area (Å²) in [7, 11) is 8.42. The fourth-order valence-electron chi connectivity index (χ4n) is 16.6. The summed E-state index contributed by atoms with van der Waals surface area (Å²) in [5.41, 5.74) is 12.4. The Labute approximate surface area is 823 Å². The Morgan fingerprint density at radius 3 is 1.15 bits per heavy atom. The fraction of sp³-hybridized carbons (Fsp3) is 0.288. The van der Waals surface area contributed by atoms with E-state index in [1.165, 1.54) is 29.8 Å². The van der Waals surface area contributed by atoms with E-state index in [0.717, 1.165) is 124 Å². The number of fused-ring (bicyclic) bond motifs is 5. The first-order valence-electron chi connectivity index (χ1n) is 47.5. The molecule has 12 aromatic carbocycles. The number of halogens is 3. The molecule has 0 aliphatic rings. The van der Waals surface area contributed by atoms with E-state index in [4.69, 9.17) is 51.5 Å². The van der Waals surface area contributed by atoms with E-state index >= 15 is 0 Å². The van der Waals surface area contributed by atoms with Crippen LogP contribution in [0.3, 0.4) is 0 Å². The van der Waals surface area contributed by atoms with Gasteiger partial charge in [-0.2, -0.15) is 10.2 Å². The number of aromatic amines is 1. The molecular weight excluding hydrogens is 1810 g/mol. The Kier molecular flexibility index (Phi) is 40.0. The van der Waals surface area contributed by atoms with Crippen molar-refractivity contribution in [2.75, 3.05) is 134 Å². The summed E-state index contributed by atoms with van der Waals surface area (Å²) in [6.07, 6.45) is 2.56. The number of rotatable bonds is 44. The van der Waals surface area contributed by atoms with Crippen molar-refractivity contribution in [2.45, 2.75) is 95.7 Å². The van der Waals surface area contributed by atoms with E-state index in [1.54, 1.807) is 64.8 Å². The summed E-state index contributed by atoms with van der Waals surface area (Å²) in [6, 6.07) is 89.1. The predicted octanol–water partition coefficient (Wildman–Crippen LogP) is 23.2. The van der Waals surface area contributed by atoms with Crippen molar-refractivity contribution in [1.29, 1.82) is 0 Å². The zero-order valence-electron chi connectivity index (χ0n) is 81.0. The largest absolute Gasteiger partial charge is 0.496 e. The number of aliphatic hydroxyl groups excluding tert-OH is 1. The maximum Gasteiger partial charge on any atom is 0.407 e. The van der Waals surface area contributed by atoms with Crippen LogP contribution < -0.4 is 56.2 Å². The smallest absolute Gasteiger partial charge is 0.407 e. The van der Waals surface area contributed by atoms with Gasteiger partial charge in [0.05, 0.1) is 82.1 Å². The molecule has 0 radical (unpaired) electrons. The number of aliphatic hydroxyl groups is 1. The van der Waals surface area contributed by atoms with E-state index in [1.807, 2.05) is 233 Å². The predicted molar refractivity (Wildman–Crippen MR) is 550 cm³/mol. The molecular formula is C111H123F3N14O14. The van der Waals surface area contributed by atoms with E-state index in [2.05, 4.69) is 92.2 Å². The van der Waals surface area contributed by atoms with Crippen molar-refractivity contribution in [3.05, 3.63) is 347 Å². The SMILES string of the molecule is CCNC(=O)OCCC(CNc1noc2cccc(OC)c12)c1cccc(F)c1.CCNC(=O)OCCC(CNc1noc2cccc(OC)c12)c1ccccc1.COc1cccc2[nH]nc(NCC(CCOCc3ccccc3)c3cccc(F)c3)c12.COc1cccc2c1c(NCC(CCOCc1ccccc1)c1cccc(F)c1)nn2C.Cc1cccc2onc(NCC(CCO)c3ccccc3)c12. The van der Waals surface area contributed by atoms with E-state index in [0.29, 0.717) is 132 Å². The van der Waals surface area contributed by atoms with Crippen molar-refractivity contribution in [2.24, 2.45) is 7.05 Å². The van der Waals surface area contributed by atoms with Crippen molar-refractivity contribution < 1.29 is 79.3 Å². The molecule has 17 rings (SSSR count). The van der Waals surface area contributed by atoms with Crippen molar-refractivity contribution >= 4 is 96.0 Å². The van der Waals surface area contributed by atoms with Gasteiger partial charge < -0.3 is 93.8 Å². The molecule has 17 aromatic rings. The molecule has 0 aliphatic carbocycles. The number of carbonyl (C=O) groups is 2. The van der Waals surface area contributed by atoms with Crippen LogP contribution in [0.25, 0.3) is 54.7 Å². The molecule has 5 heterocycles. The molecule has 5 atom stereocenters. The molecule has 0 saturated heterocycles. The number of carbonyl (C=O) groups excluding carboxylic acids is 2. The first-order valence-corrected chi connectivity index (χ1v) is 47.5. The Balaban J connectivity index is 0.000000150. The fourth-order valence-corrected chi connectivity index (χ4v) is 16.6. The number of hydrogen-bond donors (Lipinski definition) is 9. The summed E-state index contributed by atoms with van der Waals surface area (Å²) >= 11 is 0. The molecule has 2 amide bonds. The molecule has 142 heavy (non-hydrogen) atoms. The second kappa shape index (κ2) is 54.7. The van der Waals surface area contributed by atoms with Crippen LogP contribution in [-0.4, -0.2) is 160 Å². The number of aryl methyl sites for hydroxylation is 2. The number of methoxy groups -OCH3 is 4. The number of hydrogen-bond acceptors (Lipinski definition) is 24. The quantitative estimate of drug-likeness (QED) is 0.0160. The van der Waals surface area contributed by atoms with Crippen molar-refractivity contribution in [3.8, 4) is 23.0 Å². The zero-order chi connectivity index (χ0) is 99.6. The zero-order valence-corrected chi connectivity index (χ0v) is 81.0. The van der Waals surface area contributed by atoms with Crippen molar-refractivity contribution in [1.82, 2.24) is 46.1 Å². The van der Waals surface area contributed by atoms with Gasteiger partial charge in [-0.1, -0.05) is 210 Å². The summed E-state index contributed by atoms with van der Waals surface area (Å²) < 4.78 is 104. The van der Waals surface area contributed by atoms with Gasteiger partial charge in [-0.25, -0.2) is 22.8 Å². The number of aromatic nitrogens is 7. The summed E-state index contributed by atoms with van der Waals surface area (Å²) in [6.45, 7) is 12.7. The molecule has 31 heteroatoms. The van der Waals surface area contributed by atoms with Crippen LogP contribution in [0.1, 0.15) is 120 Å². The lowest BCUT2D eigenvalue weighted by Crippen LogP contribution is -2.25. The van der Waals surface area contributed by atoms with Gasteiger partial charge in [0.1, 0.15) is 51.2 Å². The van der Waals surface area contributed by atoms with Crippen LogP contribution in [0.2, 0.25) is 0 Å². The highest BCUT2D eigenvalue weighted by Crippen LogP contribution is 2.39. The maximum absolute atomic E-state index is 13.9. The number of benzene rings is 12. The lowest BCUT2D eigenvalue weighted by Gasteiger charge is -2.19. The van der Waals surface area contributed by atoms with Crippen LogP contribution in [-0.2, 0) is 39.2 Å². The van der Waals surface area contributed by atoms with Gasteiger partial charge in [-0.05, 0) is 188 Å². The number of amides is 2. The van der Waals surface area contributed by atoms with Gasteiger partial charge in [0.15, 0.2) is 45.8 Å². The molecule has 0 bridgehead atoms. The number of nitrogens with zero attached hydrogens (tertiary/aromatic N) is 6. The van der Waals surface area contributed by atoms with E-state index < -0.39 is 12.2 Å². The van der Waals surface area contributed by atoms with Gasteiger partial charge in [-0.3, -0.25) is 9.78 Å². The molecule has 0 spiro atoms. The Bertz CT molecular complexity index is 6710. The highest BCUT2D eigenvalue weighted by atomic mass is 19.1. The standard InChI is InChI=1S/C26H28FN3O2.C25H26FN3O2.C21H24FN3O4.C21H25N3O4.C18H20N2O2/c1-30-23-12-7-13-24(31-2)25(23)26(29-30)28-17-21(20-10-6-11-22(27)16-20)14-15-32-18-19-8-4-3-5-9-19;1-30-23-12-6-11-22-24(23)25(29-28-22)27-16-20(19-9-5-10-21(26)15-19)13-14-31-17-18-7-3-2-4-8-18;1-3-23-21(26)28-11-10-15(14-6-4-7-16(22)12-14)13-24-20-19-17(27-2)8-5-9-18(19)29-25-20;1-3-22-21(25)27-13-12-16(15-8-5-4-6-9-15)14-23-20-19-17(26-2)10-7-11-18(19)28-24-20;1-13-6-5-9-16-17(13)18(20-22-16)19-12-15(10-11-21)14-7-3-2-4-8-14/h3-13,16,21H,14-15,17-18H2,1-2H3,(H,28,29);2-12,15,20H,13-14,16-17H2,1H3,(H2,27,28,29);4-9,12,15H,3,10-11,13H2,1-2H3,(H,23,26)(H,24,25);4-11,16H,3,12-14H2,1-2H3,(H,22,25)(H,23,24);2-9,15,21H,10-12H2,1H3,(H,19,20). The minimum absolute atomic E-state index is 0.0629. The summed E-state index contributed by atoms with van der Waals surface area (Å²) in [4.78, 5) is 23.1. The second-order valence-corrected chi connectivity index (χ2v) is 33.4. The van der Waals surface area contributed by atoms with Gasteiger partial charge in [0.25, 0.3) is 0 Å². The van der Waals surface area contributed by atoms with Crippen LogP contribution in [0.5, 0.6) is 23.0 Å². The summed E-state index contributed by atoms with van der Waals surface area (Å²) in [5, 5.41) is 60.3. The minimum Gasteiger partial charge on any atom is -0.496 e. The minimum atomic E-state index is -0.467. The van der Waals surface area contributed by atoms with Gasteiger partial charge in [-0.15, -0.1) is 0 Å². The molecule has 9 N–H and O–H groups in total. The highest BCUT2D eigenvalue weighted by molar-refractivity contribution is 5.98. The van der Waals surface area contributed by atoms with Crippen LogP contribution >= 0.6 is 0 Å². The third-order valence-electron chi connectivity index (χ3n) is 23.9. The van der Waals surface area contributed by atoms with Crippen molar-refractivity contribution in [3.63, 3.8) is 0 Å². The molecule has 5 unspecified atom stereocenters. The second-order valence-electron chi connectivity index (χ2n) is 33.4. The normalized spacial score (nSPS) is 12.0. The highest BCUT2D eigenvalue weighted by Gasteiger charge is 2.25. The maximum atomic E-state index is 13.9. The number of alkyl carbamates (subject to hydrolysis) is 2. The molecule has 28 nitrogen and oxygen atoms in total. The average molecular weight is 1930 g/mol. The molecule has 5 aromatic heterocycles. The first-order chi connectivity index (χ1) is 69.5. The average Bonchev–Trinajstić information content (AvgIpc) is 1.60. The molecule has 742 valence electrons. The van der Waals surface area contributed by atoms with Gasteiger partial charge >= 0.3 is 12.2 Å². The van der Waals surface area contributed by atoms with E-state index in [9.17, 15) is 27.9 Å². The monoisotopic (exact) mass is 1930 g/mol. The number of ether oxygens (including phenoxy) is 8. The Morgan fingerprint density at radius 1 is 0.380 bits per heavy atom. The lowest BCUT2D eigenvalue weighted by atomic mass is 9.95. The lowest BCUT2D eigenvalue weighted by molar-refractivity contribution is 0.114. The third-order valence-corrected chi connectivity index (χ3v) is 23.9. The van der Waals surface area contributed by atoms with Crippen LogP contribution in [0, 0.1) is 24.4 Å². The molecule has 0 aliphatic heterocycles. The number of anilines is 5. The van der Waals surface area contributed by atoms with Crippen LogP contribution in [0.15, 0.2) is 299 Å². The summed E-state index contributed by atoms with van der Waals surface area (Å²) in [5.74, 6) is 5.91. The number of nitrogens with one attached hydrogen (secondary N) is 8. The van der Waals surface area contributed by atoms with E-state index in [-0.39, 0.29) is 60.3 Å². The molecule has 0 saturated carbocycles. The topological polar surface area (TPSA) is 337 Å². The van der Waals surface area contributed by atoms with Gasteiger partial charge in [0.2, 0.25) is 0 Å². The molecule has 0 fully saturated rings. The number of H-pyrrole nitrogens is 1. The van der Waals surface area contributed by atoms with Crippen LogP contribution in [0.4, 0.5) is 51.8 Å². The first kappa shape index (κ1) is 104.